The van der Waals surface area contributed by atoms with Crippen molar-refractivity contribution < 1.29 is 4.79 Å². The zero-order valence-corrected chi connectivity index (χ0v) is 20.9. The zero-order chi connectivity index (χ0) is 23.4. The van der Waals surface area contributed by atoms with Gasteiger partial charge in [0.05, 0.1) is 11.3 Å². The van der Waals surface area contributed by atoms with Gasteiger partial charge in [0.2, 0.25) is 5.91 Å². The van der Waals surface area contributed by atoms with Gasteiger partial charge in [-0.2, -0.15) is 5.26 Å². The van der Waals surface area contributed by atoms with E-state index in [2.05, 4.69) is 71.2 Å². The minimum absolute atomic E-state index is 0.0952. The lowest BCUT2D eigenvalue weighted by Gasteiger charge is -2.26. The van der Waals surface area contributed by atoms with Gasteiger partial charge in [0.15, 0.2) is 11.0 Å². The summed E-state index contributed by atoms with van der Waals surface area (Å²) in [6.45, 7) is 6.63. The summed E-state index contributed by atoms with van der Waals surface area (Å²) in [5.74, 6) is 0.944. The van der Waals surface area contributed by atoms with Gasteiger partial charge in [-0.25, -0.2) is 0 Å². The molecular weight excluding hydrogens is 450 g/mol. The summed E-state index contributed by atoms with van der Waals surface area (Å²) in [6, 6.07) is 12.8. The number of thioether (sulfide) groups is 1. The van der Waals surface area contributed by atoms with E-state index in [1.807, 2.05) is 0 Å². The van der Waals surface area contributed by atoms with Gasteiger partial charge in [0.1, 0.15) is 11.1 Å². The normalized spacial score (nSPS) is 14.7. The Kier molecular flexibility index (Phi) is 7.20. The third-order valence-corrected chi connectivity index (χ3v) is 7.76. The number of amides is 1. The number of rotatable bonds is 6. The molecule has 1 aliphatic carbocycles. The molecule has 4 rings (SSSR count). The first kappa shape index (κ1) is 23.5. The first-order valence-corrected chi connectivity index (χ1v) is 13.2. The Morgan fingerprint density at radius 3 is 2.58 bits per heavy atom. The molecule has 172 valence electrons. The predicted octanol–water partition coefficient (Wildman–Crippen LogP) is 6.41. The Hall–Kier alpha value is -2.63. The van der Waals surface area contributed by atoms with Crippen LogP contribution in [0, 0.1) is 11.3 Å². The SMILES string of the molecule is CC(C)(C)c1ccc(-c2nnc(SCC(=O)Nc3sccc3C#N)n2C2CCCCC2)cc1. The number of hydrogen-bond acceptors (Lipinski definition) is 6. The van der Waals surface area contributed by atoms with E-state index in [-0.39, 0.29) is 17.1 Å². The van der Waals surface area contributed by atoms with E-state index in [1.54, 1.807) is 11.4 Å². The molecule has 1 aliphatic rings. The van der Waals surface area contributed by atoms with Crippen molar-refractivity contribution in [1.29, 1.82) is 5.26 Å². The van der Waals surface area contributed by atoms with Crippen LogP contribution in [0.1, 0.15) is 70.0 Å². The molecule has 1 amide bonds. The average molecular weight is 480 g/mol. The highest BCUT2D eigenvalue weighted by Gasteiger charge is 2.25. The van der Waals surface area contributed by atoms with E-state index in [9.17, 15) is 4.79 Å². The fraction of sp³-hybridized carbons (Fsp3) is 0.440. The molecule has 8 heteroatoms. The lowest BCUT2D eigenvalue weighted by molar-refractivity contribution is -0.113. The topological polar surface area (TPSA) is 83.6 Å². The standard InChI is InChI=1S/C25H29N5OS2/c1-25(2,3)19-11-9-17(10-12-19)22-28-29-24(30(22)20-7-5-4-6-8-20)33-16-21(31)27-23-18(15-26)13-14-32-23/h9-14,20H,4-8,16H2,1-3H3,(H,27,31). The molecule has 0 radical (unpaired) electrons. The summed E-state index contributed by atoms with van der Waals surface area (Å²) in [5, 5.41) is 24.2. The van der Waals surface area contributed by atoms with E-state index in [1.165, 1.54) is 47.9 Å². The maximum Gasteiger partial charge on any atom is 0.235 e. The highest BCUT2D eigenvalue weighted by atomic mass is 32.2. The highest BCUT2D eigenvalue weighted by Crippen LogP contribution is 2.36. The van der Waals surface area contributed by atoms with E-state index in [0.717, 1.165) is 29.4 Å². The Morgan fingerprint density at radius 1 is 1.18 bits per heavy atom. The summed E-state index contributed by atoms with van der Waals surface area (Å²) in [5.41, 5.74) is 2.92. The largest absolute Gasteiger partial charge is 0.316 e. The van der Waals surface area contributed by atoms with Crippen molar-refractivity contribution in [2.24, 2.45) is 0 Å². The quantitative estimate of drug-likeness (QED) is 0.413. The molecule has 0 spiro atoms. The van der Waals surface area contributed by atoms with Crippen LogP contribution in [-0.2, 0) is 10.2 Å². The van der Waals surface area contributed by atoms with Gasteiger partial charge < -0.3 is 5.32 Å². The van der Waals surface area contributed by atoms with Crippen LogP contribution in [0.5, 0.6) is 0 Å². The molecule has 1 aromatic carbocycles. The van der Waals surface area contributed by atoms with Crippen LogP contribution < -0.4 is 5.32 Å². The van der Waals surface area contributed by atoms with Crippen molar-refractivity contribution in [3.8, 4) is 17.5 Å². The number of carbonyl (C=O) groups excluding carboxylic acids is 1. The molecule has 1 fully saturated rings. The van der Waals surface area contributed by atoms with Gasteiger partial charge >= 0.3 is 0 Å². The number of aromatic nitrogens is 3. The van der Waals surface area contributed by atoms with Gasteiger partial charge in [-0.05, 0) is 35.3 Å². The van der Waals surface area contributed by atoms with Crippen molar-refractivity contribution in [3.05, 3.63) is 46.8 Å². The Bertz CT molecular complexity index is 1140. The Morgan fingerprint density at radius 2 is 1.91 bits per heavy atom. The smallest absolute Gasteiger partial charge is 0.235 e. The van der Waals surface area contributed by atoms with E-state index < -0.39 is 0 Å². The zero-order valence-electron chi connectivity index (χ0n) is 19.3. The number of nitrogens with zero attached hydrogens (tertiary/aromatic N) is 4. The number of carbonyl (C=O) groups is 1. The number of hydrogen-bond donors (Lipinski definition) is 1. The number of anilines is 1. The summed E-state index contributed by atoms with van der Waals surface area (Å²) in [6.07, 6.45) is 5.87. The molecule has 2 aromatic heterocycles. The predicted molar refractivity (Wildman–Crippen MR) is 135 cm³/mol. The molecule has 0 atom stereocenters. The summed E-state index contributed by atoms with van der Waals surface area (Å²) in [4.78, 5) is 12.6. The van der Waals surface area contributed by atoms with Crippen molar-refractivity contribution in [2.75, 3.05) is 11.1 Å². The molecule has 3 aromatic rings. The van der Waals surface area contributed by atoms with Crippen LogP contribution in [0.15, 0.2) is 40.9 Å². The molecular formula is C25H29N5OS2. The summed E-state index contributed by atoms with van der Waals surface area (Å²) < 4.78 is 2.25. The van der Waals surface area contributed by atoms with Gasteiger partial charge in [-0.1, -0.05) is 76.1 Å². The van der Waals surface area contributed by atoms with Gasteiger partial charge in [0, 0.05) is 11.6 Å². The first-order valence-electron chi connectivity index (χ1n) is 11.3. The molecule has 0 saturated heterocycles. The second-order valence-electron chi connectivity index (χ2n) is 9.41. The lowest BCUT2D eigenvalue weighted by Crippen LogP contribution is -2.17. The maximum absolute atomic E-state index is 12.6. The van der Waals surface area contributed by atoms with Crippen molar-refractivity contribution in [3.63, 3.8) is 0 Å². The molecule has 0 unspecified atom stereocenters. The van der Waals surface area contributed by atoms with Crippen molar-refractivity contribution >= 4 is 34.0 Å². The number of benzene rings is 1. The molecule has 0 bridgehead atoms. The first-order chi connectivity index (χ1) is 15.9. The maximum atomic E-state index is 12.6. The van der Waals surface area contributed by atoms with Crippen molar-refractivity contribution in [2.45, 2.75) is 69.5 Å². The fourth-order valence-electron chi connectivity index (χ4n) is 4.15. The van der Waals surface area contributed by atoms with Crippen LogP contribution in [0.3, 0.4) is 0 Å². The van der Waals surface area contributed by atoms with E-state index in [4.69, 9.17) is 5.26 Å². The average Bonchev–Trinajstić information content (AvgIpc) is 3.44. The third kappa shape index (κ3) is 5.48. The summed E-state index contributed by atoms with van der Waals surface area (Å²) in [7, 11) is 0. The second kappa shape index (κ2) is 10.1. The monoisotopic (exact) mass is 479 g/mol. The molecule has 2 heterocycles. The van der Waals surface area contributed by atoms with Crippen LogP contribution in [0.25, 0.3) is 11.4 Å². The highest BCUT2D eigenvalue weighted by molar-refractivity contribution is 7.99. The Balaban J connectivity index is 1.56. The van der Waals surface area contributed by atoms with Crippen LogP contribution >= 0.6 is 23.1 Å². The lowest BCUT2D eigenvalue weighted by atomic mass is 9.86. The Labute approximate surface area is 203 Å². The minimum Gasteiger partial charge on any atom is -0.316 e. The molecule has 6 nitrogen and oxygen atoms in total. The van der Waals surface area contributed by atoms with Crippen LogP contribution in [0.2, 0.25) is 0 Å². The van der Waals surface area contributed by atoms with Gasteiger partial charge in [0.25, 0.3) is 0 Å². The van der Waals surface area contributed by atoms with E-state index >= 15 is 0 Å². The van der Waals surface area contributed by atoms with Crippen molar-refractivity contribution in [1.82, 2.24) is 14.8 Å². The van der Waals surface area contributed by atoms with Crippen LogP contribution in [0.4, 0.5) is 5.00 Å². The van der Waals surface area contributed by atoms with Crippen LogP contribution in [-0.4, -0.2) is 26.4 Å². The number of nitriles is 1. The fourth-order valence-corrected chi connectivity index (χ4v) is 5.71. The molecule has 1 N–H and O–H groups in total. The van der Waals surface area contributed by atoms with E-state index in [0.29, 0.717) is 16.6 Å². The third-order valence-electron chi connectivity index (χ3n) is 5.98. The molecule has 0 aliphatic heterocycles. The summed E-state index contributed by atoms with van der Waals surface area (Å²) >= 11 is 2.76. The number of nitrogens with one attached hydrogen (secondary N) is 1. The molecule has 1 saturated carbocycles. The van der Waals surface area contributed by atoms with Gasteiger partial charge in [-0.3, -0.25) is 9.36 Å². The van der Waals surface area contributed by atoms with Gasteiger partial charge in [-0.15, -0.1) is 21.5 Å². The number of thiophene rings is 1. The minimum atomic E-state index is -0.145. The second-order valence-corrected chi connectivity index (χ2v) is 11.3. The molecule has 33 heavy (non-hydrogen) atoms.